The lowest BCUT2D eigenvalue weighted by Gasteiger charge is -2.21. The number of carbonyl (C=O) groups is 1. The number of amides is 1. The van der Waals surface area contributed by atoms with Crippen molar-refractivity contribution in [2.75, 3.05) is 13.2 Å². The molecule has 0 aliphatic carbocycles. The van der Waals surface area contributed by atoms with Crippen molar-refractivity contribution in [3.8, 4) is 10.6 Å². The molecule has 1 aliphatic heterocycles. The molecule has 2 aromatic heterocycles. The van der Waals surface area contributed by atoms with Crippen LogP contribution in [0.25, 0.3) is 10.6 Å². The summed E-state index contributed by atoms with van der Waals surface area (Å²) in [5, 5.41) is 5.97. The molecule has 1 atom stereocenters. The topological polar surface area (TPSA) is 64.1 Å². The highest BCUT2D eigenvalue weighted by Gasteiger charge is 2.17. The second-order valence-corrected chi connectivity index (χ2v) is 6.54. The van der Waals surface area contributed by atoms with Crippen LogP contribution in [0, 0.1) is 0 Å². The molecule has 0 aromatic carbocycles. The van der Waals surface area contributed by atoms with Gasteiger partial charge in [0.15, 0.2) is 0 Å². The van der Waals surface area contributed by atoms with E-state index in [1.54, 1.807) is 17.5 Å². The van der Waals surface area contributed by atoms with Crippen molar-refractivity contribution in [2.24, 2.45) is 0 Å². The van der Waals surface area contributed by atoms with Gasteiger partial charge in [-0.05, 0) is 31.4 Å². The van der Waals surface area contributed by atoms with E-state index in [1.165, 1.54) is 0 Å². The van der Waals surface area contributed by atoms with Gasteiger partial charge < -0.3 is 10.1 Å². The largest absolute Gasteiger partial charge is 0.378 e. The monoisotopic (exact) mass is 331 g/mol. The van der Waals surface area contributed by atoms with Crippen LogP contribution < -0.4 is 5.32 Å². The molecule has 0 radical (unpaired) electrons. The molecule has 1 fully saturated rings. The normalized spacial score (nSPS) is 17.8. The van der Waals surface area contributed by atoms with Crippen molar-refractivity contribution in [1.82, 2.24) is 15.3 Å². The predicted octanol–water partition coefficient (Wildman–Crippen LogP) is 2.82. The minimum atomic E-state index is 0.0691. The summed E-state index contributed by atoms with van der Waals surface area (Å²) in [5.74, 6) is 0.0691. The fourth-order valence-corrected chi connectivity index (χ4v) is 3.47. The molecule has 1 saturated heterocycles. The summed E-state index contributed by atoms with van der Waals surface area (Å²) in [5.41, 5.74) is 2.03. The Labute approximate surface area is 140 Å². The number of thiazole rings is 1. The number of hydrogen-bond donors (Lipinski definition) is 1. The van der Waals surface area contributed by atoms with Crippen LogP contribution in [0.4, 0.5) is 0 Å². The Balaban J connectivity index is 1.42. The van der Waals surface area contributed by atoms with Crippen molar-refractivity contribution in [1.29, 1.82) is 0 Å². The van der Waals surface area contributed by atoms with Gasteiger partial charge in [0.1, 0.15) is 5.01 Å². The molecular weight excluding hydrogens is 310 g/mol. The van der Waals surface area contributed by atoms with E-state index in [4.69, 9.17) is 4.74 Å². The number of carbonyl (C=O) groups excluding carboxylic acids is 1. The second kappa shape index (κ2) is 8.17. The highest BCUT2D eigenvalue weighted by Crippen LogP contribution is 2.22. The number of nitrogens with zero attached hydrogens (tertiary/aromatic N) is 2. The van der Waals surface area contributed by atoms with Crippen LogP contribution in [0.15, 0.2) is 29.9 Å². The lowest BCUT2D eigenvalue weighted by molar-refractivity contribution is -0.124. The highest BCUT2D eigenvalue weighted by atomic mass is 32.1. The van der Waals surface area contributed by atoms with Gasteiger partial charge in [0, 0.05) is 42.9 Å². The quantitative estimate of drug-likeness (QED) is 0.884. The van der Waals surface area contributed by atoms with E-state index >= 15 is 0 Å². The van der Waals surface area contributed by atoms with E-state index in [0.717, 1.165) is 48.6 Å². The zero-order chi connectivity index (χ0) is 15.9. The molecule has 0 bridgehead atoms. The van der Waals surface area contributed by atoms with Gasteiger partial charge in [-0.25, -0.2) is 4.98 Å². The maximum absolute atomic E-state index is 11.9. The molecule has 1 amide bonds. The summed E-state index contributed by atoms with van der Waals surface area (Å²) < 4.78 is 5.59. The minimum Gasteiger partial charge on any atom is -0.378 e. The van der Waals surface area contributed by atoms with Gasteiger partial charge in [0.25, 0.3) is 0 Å². The lowest BCUT2D eigenvalue weighted by atomic mass is 10.1. The predicted molar refractivity (Wildman–Crippen MR) is 90.3 cm³/mol. The van der Waals surface area contributed by atoms with E-state index in [-0.39, 0.29) is 12.0 Å². The Kier molecular flexibility index (Phi) is 5.71. The third-order valence-electron chi connectivity index (χ3n) is 3.85. The Hall–Kier alpha value is -1.79. The summed E-state index contributed by atoms with van der Waals surface area (Å²) >= 11 is 1.61. The van der Waals surface area contributed by atoms with E-state index in [0.29, 0.717) is 13.0 Å². The van der Waals surface area contributed by atoms with Crippen molar-refractivity contribution < 1.29 is 9.53 Å². The van der Waals surface area contributed by atoms with Crippen molar-refractivity contribution >= 4 is 17.2 Å². The van der Waals surface area contributed by atoms with Gasteiger partial charge in [-0.1, -0.05) is 0 Å². The first-order valence-electron chi connectivity index (χ1n) is 8.04. The second-order valence-electron chi connectivity index (χ2n) is 5.68. The Bertz CT molecular complexity index is 624. The average molecular weight is 331 g/mol. The lowest BCUT2D eigenvalue weighted by Crippen LogP contribution is -2.31. The van der Waals surface area contributed by atoms with Crippen molar-refractivity contribution in [3.05, 3.63) is 35.6 Å². The van der Waals surface area contributed by atoms with Gasteiger partial charge >= 0.3 is 0 Å². The molecular formula is C17H21N3O2S. The first-order valence-corrected chi connectivity index (χ1v) is 8.92. The number of rotatable bonds is 6. The van der Waals surface area contributed by atoms with Gasteiger partial charge in [-0.15, -0.1) is 11.3 Å². The summed E-state index contributed by atoms with van der Waals surface area (Å²) in [6, 6.07) is 3.91. The van der Waals surface area contributed by atoms with Crippen molar-refractivity contribution in [3.63, 3.8) is 0 Å². The number of aromatic nitrogens is 2. The molecule has 2 aromatic rings. The number of pyridine rings is 1. The molecule has 6 heteroatoms. The molecule has 0 saturated carbocycles. The molecule has 23 heavy (non-hydrogen) atoms. The van der Waals surface area contributed by atoms with E-state index in [1.807, 2.05) is 23.7 Å². The van der Waals surface area contributed by atoms with E-state index in [9.17, 15) is 4.79 Å². The molecule has 3 rings (SSSR count). The molecule has 3 heterocycles. The maximum atomic E-state index is 11.9. The van der Waals surface area contributed by atoms with Crippen LogP contribution in [0.2, 0.25) is 0 Å². The average Bonchev–Trinajstić information content (AvgIpc) is 3.05. The van der Waals surface area contributed by atoms with Gasteiger partial charge in [-0.2, -0.15) is 0 Å². The van der Waals surface area contributed by atoms with E-state index in [2.05, 4.69) is 15.3 Å². The molecule has 0 spiro atoms. The van der Waals surface area contributed by atoms with Crippen LogP contribution in [0.3, 0.4) is 0 Å². The van der Waals surface area contributed by atoms with Crippen LogP contribution in [-0.4, -0.2) is 35.1 Å². The Morgan fingerprint density at radius 2 is 2.39 bits per heavy atom. The SMILES string of the molecule is O=C(CC1CCCCO1)NCCc1csc(-c2cccnc2)n1. The summed E-state index contributed by atoms with van der Waals surface area (Å²) in [6.07, 6.45) is 8.15. The minimum absolute atomic E-state index is 0.0691. The van der Waals surface area contributed by atoms with Crippen molar-refractivity contribution in [2.45, 2.75) is 38.2 Å². The van der Waals surface area contributed by atoms with Gasteiger partial charge in [0.05, 0.1) is 18.2 Å². The number of nitrogens with one attached hydrogen (secondary N) is 1. The maximum Gasteiger partial charge on any atom is 0.222 e. The first-order chi connectivity index (χ1) is 11.3. The third kappa shape index (κ3) is 4.84. The zero-order valence-corrected chi connectivity index (χ0v) is 13.8. The zero-order valence-electron chi connectivity index (χ0n) is 13.0. The Morgan fingerprint density at radius 3 is 3.17 bits per heavy atom. The molecule has 1 aliphatic rings. The summed E-state index contributed by atoms with van der Waals surface area (Å²) in [7, 11) is 0. The van der Waals surface area contributed by atoms with Crippen LogP contribution in [0.5, 0.6) is 0 Å². The van der Waals surface area contributed by atoms with Gasteiger partial charge in [0.2, 0.25) is 5.91 Å². The van der Waals surface area contributed by atoms with E-state index < -0.39 is 0 Å². The number of hydrogen-bond acceptors (Lipinski definition) is 5. The molecule has 1 N–H and O–H groups in total. The number of ether oxygens (including phenoxy) is 1. The molecule has 1 unspecified atom stereocenters. The fraction of sp³-hybridized carbons (Fsp3) is 0.471. The molecule has 5 nitrogen and oxygen atoms in total. The molecule has 122 valence electrons. The third-order valence-corrected chi connectivity index (χ3v) is 4.79. The summed E-state index contributed by atoms with van der Waals surface area (Å²) in [4.78, 5) is 20.6. The smallest absolute Gasteiger partial charge is 0.222 e. The summed E-state index contributed by atoms with van der Waals surface area (Å²) in [6.45, 7) is 1.40. The highest BCUT2D eigenvalue weighted by molar-refractivity contribution is 7.13. The fourth-order valence-electron chi connectivity index (χ4n) is 2.62. The standard InChI is InChI=1S/C17H21N3O2S/c21-16(10-15-5-1-2-9-22-15)19-8-6-14-12-23-17(20-14)13-4-3-7-18-11-13/h3-4,7,11-12,15H,1-2,5-6,8-10H2,(H,19,21). The van der Waals surface area contributed by atoms with Crippen LogP contribution in [0.1, 0.15) is 31.4 Å². The Morgan fingerprint density at radius 1 is 1.43 bits per heavy atom. The first kappa shape index (κ1) is 16.1. The van der Waals surface area contributed by atoms with Crippen LogP contribution in [-0.2, 0) is 16.0 Å². The van der Waals surface area contributed by atoms with Gasteiger partial charge in [-0.3, -0.25) is 9.78 Å². The van der Waals surface area contributed by atoms with Crippen LogP contribution >= 0.6 is 11.3 Å².